The van der Waals surface area contributed by atoms with Crippen LogP contribution in [-0.2, 0) is 4.79 Å². The molecule has 1 aromatic rings. The molecule has 3 N–H and O–H groups in total. The summed E-state index contributed by atoms with van der Waals surface area (Å²) >= 11 is 0. The van der Waals surface area contributed by atoms with Crippen molar-refractivity contribution in [3.05, 3.63) is 29.8 Å². The first-order valence-electron chi connectivity index (χ1n) is 4.41. The van der Waals surface area contributed by atoms with Crippen molar-refractivity contribution < 1.29 is 9.53 Å². The van der Waals surface area contributed by atoms with Crippen molar-refractivity contribution in [1.82, 2.24) is 5.43 Å². The van der Waals surface area contributed by atoms with Crippen LogP contribution in [0.2, 0.25) is 0 Å². The second kappa shape index (κ2) is 5.24. The SMILES string of the molecule is Cc1cccc(OCCC(=O)NN)c1. The second-order valence-electron chi connectivity index (χ2n) is 2.98. The second-order valence-corrected chi connectivity index (χ2v) is 2.98. The number of carbonyl (C=O) groups excluding carboxylic acids is 1. The van der Waals surface area contributed by atoms with E-state index in [2.05, 4.69) is 0 Å². The monoisotopic (exact) mass is 194 g/mol. The fourth-order valence-corrected chi connectivity index (χ4v) is 1.04. The number of rotatable bonds is 4. The molecular weight excluding hydrogens is 180 g/mol. The van der Waals surface area contributed by atoms with Gasteiger partial charge in [-0.3, -0.25) is 10.2 Å². The van der Waals surface area contributed by atoms with Gasteiger partial charge in [0.1, 0.15) is 5.75 Å². The van der Waals surface area contributed by atoms with Crippen molar-refractivity contribution >= 4 is 5.91 Å². The highest BCUT2D eigenvalue weighted by Gasteiger charge is 1.98. The fourth-order valence-electron chi connectivity index (χ4n) is 1.04. The smallest absolute Gasteiger partial charge is 0.237 e. The van der Waals surface area contributed by atoms with E-state index in [9.17, 15) is 4.79 Å². The van der Waals surface area contributed by atoms with Gasteiger partial charge in [-0.15, -0.1) is 0 Å². The van der Waals surface area contributed by atoms with E-state index in [4.69, 9.17) is 10.6 Å². The van der Waals surface area contributed by atoms with Crippen LogP contribution >= 0.6 is 0 Å². The molecular formula is C10H14N2O2. The molecule has 0 saturated carbocycles. The molecule has 4 nitrogen and oxygen atoms in total. The van der Waals surface area contributed by atoms with Gasteiger partial charge in [0.15, 0.2) is 0 Å². The molecule has 1 aromatic carbocycles. The van der Waals surface area contributed by atoms with Gasteiger partial charge in [0.2, 0.25) is 5.91 Å². The molecule has 14 heavy (non-hydrogen) atoms. The summed E-state index contributed by atoms with van der Waals surface area (Å²) in [6.45, 7) is 2.33. The van der Waals surface area contributed by atoms with Gasteiger partial charge in [-0.05, 0) is 24.6 Å². The molecule has 0 spiro atoms. The Balaban J connectivity index is 2.35. The summed E-state index contributed by atoms with van der Waals surface area (Å²) in [4.78, 5) is 10.8. The number of aryl methyl sites for hydroxylation is 1. The average molecular weight is 194 g/mol. The summed E-state index contributed by atoms with van der Waals surface area (Å²) in [6.07, 6.45) is 0.268. The molecule has 0 unspecified atom stereocenters. The minimum Gasteiger partial charge on any atom is -0.493 e. The lowest BCUT2D eigenvalue weighted by Crippen LogP contribution is -2.31. The zero-order valence-electron chi connectivity index (χ0n) is 8.12. The molecule has 0 saturated heterocycles. The molecule has 0 aliphatic rings. The van der Waals surface area contributed by atoms with Crippen molar-refractivity contribution in [3.63, 3.8) is 0 Å². The first-order chi connectivity index (χ1) is 6.72. The Morgan fingerprint density at radius 3 is 3.00 bits per heavy atom. The maximum atomic E-state index is 10.8. The van der Waals surface area contributed by atoms with E-state index >= 15 is 0 Å². The number of nitrogens with two attached hydrogens (primary N) is 1. The summed E-state index contributed by atoms with van der Waals surface area (Å²) < 4.78 is 5.34. The van der Waals surface area contributed by atoms with Gasteiger partial charge in [-0.1, -0.05) is 12.1 Å². The van der Waals surface area contributed by atoms with E-state index < -0.39 is 0 Å². The molecule has 1 amide bonds. The summed E-state index contributed by atoms with van der Waals surface area (Å²) in [6, 6.07) is 7.67. The summed E-state index contributed by atoms with van der Waals surface area (Å²) in [5.41, 5.74) is 3.17. The number of hydrazine groups is 1. The topological polar surface area (TPSA) is 64.3 Å². The molecule has 76 valence electrons. The van der Waals surface area contributed by atoms with Crippen molar-refractivity contribution in [1.29, 1.82) is 0 Å². The quantitative estimate of drug-likeness (QED) is 0.422. The third kappa shape index (κ3) is 3.45. The molecule has 0 fully saturated rings. The minimum atomic E-state index is -0.224. The zero-order chi connectivity index (χ0) is 10.4. The molecule has 0 aliphatic heterocycles. The summed E-state index contributed by atoms with van der Waals surface area (Å²) in [5.74, 6) is 5.47. The Hall–Kier alpha value is -1.55. The van der Waals surface area contributed by atoms with Crippen molar-refractivity contribution in [3.8, 4) is 5.75 Å². The molecule has 0 aliphatic carbocycles. The maximum Gasteiger partial charge on any atom is 0.237 e. The number of carbonyl (C=O) groups is 1. The van der Waals surface area contributed by atoms with Gasteiger partial charge in [-0.25, -0.2) is 5.84 Å². The van der Waals surface area contributed by atoms with Crippen molar-refractivity contribution in [2.24, 2.45) is 5.84 Å². The highest BCUT2D eigenvalue weighted by Crippen LogP contribution is 2.12. The van der Waals surface area contributed by atoms with Gasteiger partial charge < -0.3 is 4.74 Å². The third-order valence-electron chi connectivity index (χ3n) is 1.75. The van der Waals surface area contributed by atoms with Crippen LogP contribution in [0, 0.1) is 6.92 Å². The van der Waals surface area contributed by atoms with Gasteiger partial charge >= 0.3 is 0 Å². The highest BCUT2D eigenvalue weighted by molar-refractivity contribution is 5.75. The fraction of sp³-hybridized carbons (Fsp3) is 0.300. The molecule has 0 atom stereocenters. The number of hydrogen-bond acceptors (Lipinski definition) is 3. The molecule has 4 heteroatoms. The maximum absolute atomic E-state index is 10.8. The van der Waals surface area contributed by atoms with Crippen LogP contribution in [0.25, 0.3) is 0 Å². The number of benzene rings is 1. The van der Waals surface area contributed by atoms with Crippen molar-refractivity contribution in [2.75, 3.05) is 6.61 Å². The number of amides is 1. The lowest BCUT2D eigenvalue weighted by Gasteiger charge is -2.05. The third-order valence-corrected chi connectivity index (χ3v) is 1.75. The highest BCUT2D eigenvalue weighted by atomic mass is 16.5. The van der Waals surface area contributed by atoms with E-state index in [1.165, 1.54) is 0 Å². The molecule has 1 rings (SSSR count). The first kappa shape index (κ1) is 10.5. The normalized spacial score (nSPS) is 9.57. The van der Waals surface area contributed by atoms with Crippen LogP contribution in [0.4, 0.5) is 0 Å². The van der Waals surface area contributed by atoms with Crippen LogP contribution in [0.15, 0.2) is 24.3 Å². The molecule has 0 aromatic heterocycles. The van der Waals surface area contributed by atoms with Gasteiger partial charge in [0.25, 0.3) is 0 Å². The van der Waals surface area contributed by atoms with E-state index in [-0.39, 0.29) is 12.3 Å². The Labute approximate surface area is 83.0 Å². The molecule has 0 radical (unpaired) electrons. The number of ether oxygens (including phenoxy) is 1. The van der Waals surface area contributed by atoms with E-state index in [1.54, 1.807) is 0 Å². The Kier molecular flexibility index (Phi) is 3.94. The van der Waals surface area contributed by atoms with Gasteiger partial charge in [0, 0.05) is 0 Å². The van der Waals surface area contributed by atoms with Crippen LogP contribution in [0.1, 0.15) is 12.0 Å². The van der Waals surface area contributed by atoms with Crippen molar-refractivity contribution in [2.45, 2.75) is 13.3 Å². The van der Waals surface area contributed by atoms with E-state index in [1.807, 2.05) is 36.6 Å². The average Bonchev–Trinajstić information content (AvgIpc) is 2.17. The number of hydrogen-bond donors (Lipinski definition) is 2. The standard InChI is InChI=1S/C10H14N2O2/c1-8-3-2-4-9(7-8)14-6-5-10(13)12-11/h2-4,7H,5-6,11H2,1H3,(H,12,13). The minimum absolute atomic E-state index is 0.224. The summed E-state index contributed by atoms with van der Waals surface area (Å²) in [7, 11) is 0. The first-order valence-corrected chi connectivity index (χ1v) is 4.41. The predicted octanol–water partition coefficient (Wildman–Crippen LogP) is 0.754. The van der Waals surface area contributed by atoms with E-state index in [0.29, 0.717) is 6.61 Å². The predicted molar refractivity (Wildman–Crippen MR) is 53.6 cm³/mol. The largest absolute Gasteiger partial charge is 0.493 e. The zero-order valence-corrected chi connectivity index (χ0v) is 8.12. The van der Waals surface area contributed by atoms with Crippen LogP contribution in [-0.4, -0.2) is 12.5 Å². The summed E-state index contributed by atoms with van der Waals surface area (Å²) in [5, 5.41) is 0. The van der Waals surface area contributed by atoms with Gasteiger partial charge in [-0.2, -0.15) is 0 Å². The Morgan fingerprint density at radius 2 is 2.36 bits per heavy atom. The number of nitrogens with one attached hydrogen (secondary N) is 1. The van der Waals surface area contributed by atoms with Crippen LogP contribution in [0.5, 0.6) is 5.75 Å². The Bertz CT molecular complexity index is 313. The molecule has 0 heterocycles. The van der Waals surface area contributed by atoms with Crippen LogP contribution < -0.4 is 16.0 Å². The lowest BCUT2D eigenvalue weighted by atomic mass is 10.2. The van der Waals surface area contributed by atoms with Crippen LogP contribution in [0.3, 0.4) is 0 Å². The molecule has 0 bridgehead atoms. The van der Waals surface area contributed by atoms with E-state index in [0.717, 1.165) is 11.3 Å². The van der Waals surface area contributed by atoms with Gasteiger partial charge in [0.05, 0.1) is 13.0 Å². The Morgan fingerprint density at radius 1 is 1.57 bits per heavy atom. The lowest BCUT2D eigenvalue weighted by molar-refractivity contribution is -0.121.